The Balaban J connectivity index is 2.32. The zero-order chi connectivity index (χ0) is 17.9. The summed E-state index contributed by atoms with van der Waals surface area (Å²) in [6, 6.07) is 9.46. The van der Waals surface area contributed by atoms with Crippen molar-refractivity contribution in [1.82, 2.24) is 4.90 Å². The molecular formula is C17H16Cl2N2O3. The first-order chi connectivity index (χ1) is 11.3. The van der Waals surface area contributed by atoms with Gasteiger partial charge in [-0.15, -0.1) is 0 Å². The standard InChI is InChI=1S/C17H16Cl2N2O3/c1-21(2)17(23)12-9-11(5-6-14(12)19)20-16(22)13-8-10(18)4-7-15(13)24-3/h4-9H,1-3H3,(H,20,22). The van der Waals surface area contributed by atoms with Crippen LogP contribution in [0.3, 0.4) is 0 Å². The molecule has 0 aromatic heterocycles. The van der Waals surface area contributed by atoms with Crippen molar-refractivity contribution < 1.29 is 14.3 Å². The molecule has 7 heteroatoms. The van der Waals surface area contributed by atoms with Crippen LogP contribution >= 0.6 is 23.2 Å². The van der Waals surface area contributed by atoms with Crippen LogP contribution in [-0.2, 0) is 0 Å². The van der Waals surface area contributed by atoms with E-state index in [-0.39, 0.29) is 5.91 Å². The Hall–Kier alpha value is -2.24. The number of methoxy groups -OCH3 is 1. The molecule has 2 aromatic carbocycles. The monoisotopic (exact) mass is 366 g/mol. The maximum absolute atomic E-state index is 12.5. The van der Waals surface area contributed by atoms with Crippen molar-refractivity contribution >= 4 is 40.7 Å². The fourth-order valence-corrected chi connectivity index (χ4v) is 2.43. The summed E-state index contributed by atoms with van der Waals surface area (Å²) in [5.74, 6) is -0.258. The molecule has 0 atom stereocenters. The van der Waals surface area contributed by atoms with Crippen molar-refractivity contribution in [1.29, 1.82) is 0 Å². The average Bonchev–Trinajstić information content (AvgIpc) is 2.55. The molecule has 5 nitrogen and oxygen atoms in total. The van der Waals surface area contributed by atoms with Crippen LogP contribution < -0.4 is 10.1 Å². The summed E-state index contributed by atoms with van der Waals surface area (Å²) in [7, 11) is 4.72. The summed E-state index contributed by atoms with van der Waals surface area (Å²) in [5.41, 5.74) is 1.04. The molecule has 0 aliphatic carbocycles. The lowest BCUT2D eigenvalue weighted by molar-refractivity contribution is 0.0827. The maximum atomic E-state index is 12.5. The van der Waals surface area contributed by atoms with Crippen molar-refractivity contribution in [2.24, 2.45) is 0 Å². The van der Waals surface area contributed by atoms with Gasteiger partial charge in [0.05, 0.1) is 23.3 Å². The van der Waals surface area contributed by atoms with Gasteiger partial charge in [-0.25, -0.2) is 0 Å². The number of ether oxygens (including phenoxy) is 1. The molecule has 1 N–H and O–H groups in total. The maximum Gasteiger partial charge on any atom is 0.259 e. The Morgan fingerprint density at radius 1 is 1.04 bits per heavy atom. The highest BCUT2D eigenvalue weighted by Gasteiger charge is 2.16. The number of nitrogens with zero attached hydrogens (tertiary/aromatic N) is 1. The Morgan fingerprint density at radius 2 is 1.75 bits per heavy atom. The van der Waals surface area contributed by atoms with Crippen molar-refractivity contribution in [2.45, 2.75) is 0 Å². The lowest BCUT2D eigenvalue weighted by Gasteiger charge is -2.14. The van der Waals surface area contributed by atoms with Gasteiger partial charge in [0.2, 0.25) is 0 Å². The first kappa shape index (κ1) is 18.1. The summed E-state index contributed by atoms with van der Waals surface area (Å²) in [6.45, 7) is 0. The molecule has 126 valence electrons. The van der Waals surface area contributed by atoms with Crippen LogP contribution in [0.4, 0.5) is 5.69 Å². The minimum atomic E-state index is -0.403. The van der Waals surface area contributed by atoms with Gasteiger partial charge in [-0.3, -0.25) is 9.59 Å². The summed E-state index contributed by atoms with van der Waals surface area (Å²) in [4.78, 5) is 26.0. The third-order valence-electron chi connectivity index (χ3n) is 3.27. The minimum Gasteiger partial charge on any atom is -0.496 e. The number of carbonyl (C=O) groups excluding carboxylic acids is 2. The fourth-order valence-electron chi connectivity index (χ4n) is 2.06. The van der Waals surface area contributed by atoms with Crippen LogP contribution in [0.25, 0.3) is 0 Å². The van der Waals surface area contributed by atoms with E-state index in [0.717, 1.165) is 0 Å². The van der Waals surface area contributed by atoms with E-state index in [4.69, 9.17) is 27.9 Å². The van der Waals surface area contributed by atoms with Crippen molar-refractivity contribution in [2.75, 3.05) is 26.5 Å². The quantitative estimate of drug-likeness (QED) is 0.890. The molecule has 0 radical (unpaired) electrons. The molecule has 2 rings (SSSR count). The Kier molecular flexibility index (Phi) is 5.70. The van der Waals surface area contributed by atoms with E-state index in [1.165, 1.54) is 24.1 Å². The van der Waals surface area contributed by atoms with E-state index in [0.29, 0.717) is 32.6 Å². The third kappa shape index (κ3) is 3.99. The summed E-state index contributed by atoms with van der Waals surface area (Å²) in [6.07, 6.45) is 0. The second-order valence-corrected chi connectivity index (χ2v) is 6.04. The van der Waals surface area contributed by atoms with Gasteiger partial charge in [0.15, 0.2) is 0 Å². The van der Waals surface area contributed by atoms with Gasteiger partial charge in [-0.2, -0.15) is 0 Å². The van der Waals surface area contributed by atoms with Crippen LogP contribution in [0, 0.1) is 0 Å². The van der Waals surface area contributed by atoms with Crippen LogP contribution in [0.1, 0.15) is 20.7 Å². The summed E-state index contributed by atoms with van der Waals surface area (Å²) < 4.78 is 5.17. The van der Waals surface area contributed by atoms with E-state index in [1.807, 2.05) is 0 Å². The highest BCUT2D eigenvalue weighted by molar-refractivity contribution is 6.34. The van der Waals surface area contributed by atoms with Gasteiger partial charge < -0.3 is 15.0 Å². The van der Waals surface area contributed by atoms with Gasteiger partial charge in [0, 0.05) is 24.8 Å². The number of amides is 2. The zero-order valence-electron chi connectivity index (χ0n) is 13.4. The molecule has 0 aliphatic rings. The SMILES string of the molecule is COc1ccc(Cl)cc1C(=O)Nc1ccc(Cl)c(C(=O)N(C)C)c1. The topological polar surface area (TPSA) is 58.6 Å². The number of halogens is 2. The Bertz CT molecular complexity index is 791. The van der Waals surface area contributed by atoms with E-state index >= 15 is 0 Å². The average molecular weight is 367 g/mol. The zero-order valence-corrected chi connectivity index (χ0v) is 14.9. The van der Waals surface area contributed by atoms with Gasteiger partial charge in [-0.1, -0.05) is 23.2 Å². The van der Waals surface area contributed by atoms with Gasteiger partial charge in [0.25, 0.3) is 11.8 Å². The van der Waals surface area contributed by atoms with E-state index < -0.39 is 5.91 Å². The van der Waals surface area contributed by atoms with E-state index in [1.54, 1.807) is 38.4 Å². The highest BCUT2D eigenvalue weighted by Crippen LogP contribution is 2.25. The first-order valence-electron chi connectivity index (χ1n) is 6.99. The largest absolute Gasteiger partial charge is 0.496 e. The third-order valence-corrected chi connectivity index (χ3v) is 3.83. The fraction of sp³-hybridized carbons (Fsp3) is 0.176. The number of hydrogen-bond donors (Lipinski definition) is 1. The number of hydrogen-bond acceptors (Lipinski definition) is 3. The number of carbonyl (C=O) groups is 2. The predicted molar refractivity (Wildman–Crippen MR) is 95.4 cm³/mol. The summed E-state index contributed by atoms with van der Waals surface area (Å²) >= 11 is 12.0. The Labute approximate surface area is 150 Å². The normalized spacial score (nSPS) is 10.2. The highest BCUT2D eigenvalue weighted by atomic mass is 35.5. The van der Waals surface area contributed by atoms with Crippen molar-refractivity contribution in [3.8, 4) is 5.75 Å². The second-order valence-electron chi connectivity index (χ2n) is 5.19. The van der Waals surface area contributed by atoms with E-state index in [9.17, 15) is 9.59 Å². The van der Waals surface area contributed by atoms with Crippen molar-refractivity contribution in [3.05, 3.63) is 57.6 Å². The Morgan fingerprint density at radius 3 is 2.38 bits per heavy atom. The molecule has 0 saturated carbocycles. The number of benzene rings is 2. The van der Waals surface area contributed by atoms with Crippen LogP contribution in [0.5, 0.6) is 5.75 Å². The van der Waals surface area contributed by atoms with Crippen LogP contribution in [0.2, 0.25) is 10.0 Å². The molecule has 0 heterocycles. The van der Waals surface area contributed by atoms with Gasteiger partial charge >= 0.3 is 0 Å². The molecule has 0 aliphatic heterocycles. The lowest BCUT2D eigenvalue weighted by Crippen LogP contribution is -2.22. The predicted octanol–water partition coefficient (Wildman–Crippen LogP) is 3.96. The number of nitrogens with one attached hydrogen (secondary N) is 1. The number of anilines is 1. The molecule has 24 heavy (non-hydrogen) atoms. The molecule has 0 unspecified atom stereocenters. The lowest BCUT2D eigenvalue weighted by atomic mass is 10.1. The molecule has 0 spiro atoms. The number of rotatable bonds is 4. The van der Waals surface area contributed by atoms with E-state index in [2.05, 4.69) is 5.32 Å². The minimum absolute atomic E-state index is 0.253. The van der Waals surface area contributed by atoms with Crippen LogP contribution in [0.15, 0.2) is 36.4 Å². The molecular weight excluding hydrogens is 351 g/mol. The molecule has 0 fully saturated rings. The summed E-state index contributed by atoms with van der Waals surface area (Å²) in [5, 5.41) is 3.44. The van der Waals surface area contributed by atoms with Crippen LogP contribution in [-0.4, -0.2) is 37.9 Å². The molecule has 0 saturated heterocycles. The van der Waals surface area contributed by atoms with Gasteiger partial charge in [0.1, 0.15) is 5.75 Å². The first-order valence-corrected chi connectivity index (χ1v) is 7.75. The van der Waals surface area contributed by atoms with Crippen molar-refractivity contribution in [3.63, 3.8) is 0 Å². The molecule has 2 amide bonds. The molecule has 2 aromatic rings. The smallest absolute Gasteiger partial charge is 0.259 e. The molecule has 0 bridgehead atoms. The second kappa shape index (κ2) is 7.55. The van der Waals surface area contributed by atoms with Gasteiger partial charge in [-0.05, 0) is 36.4 Å².